The van der Waals surface area contributed by atoms with Crippen LogP contribution < -0.4 is 15.4 Å². The quantitative estimate of drug-likeness (QED) is 0.219. The number of hydrogen-bond donors (Lipinski definition) is 2. The average molecular weight is 492 g/mol. The lowest BCUT2D eigenvalue weighted by atomic mass is 10.1. The molecule has 3 aromatic rings. The van der Waals surface area contributed by atoms with Gasteiger partial charge in [-0.25, -0.2) is 9.67 Å². The molecule has 0 radical (unpaired) electrons. The van der Waals surface area contributed by atoms with Gasteiger partial charge in [-0.3, -0.25) is 4.99 Å². The average Bonchev–Trinajstić information content (AvgIpc) is 3.21. The van der Waals surface area contributed by atoms with Crippen molar-refractivity contribution in [3.63, 3.8) is 0 Å². The molecule has 2 N–H and O–H groups in total. The zero-order valence-electron chi connectivity index (χ0n) is 15.8. The van der Waals surface area contributed by atoms with E-state index in [0.717, 1.165) is 11.7 Å². The van der Waals surface area contributed by atoms with Gasteiger partial charge in [-0.15, -0.1) is 24.0 Å². The molecule has 0 aliphatic rings. The molecular weight excluding hydrogens is 467 g/mol. The Morgan fingerprint density at radius 2 is 1.89 bits per heavy atom. The van der Waals surface area contributed by atoms with Gasteiger partial charge in [0.2, 0.25) is 0 Å². The summed E-state index contributed by atoms with van der Waals surface area (Å²) in [5.41, 5.74) is 2.36. The van der Waals surface area contributed by atoms with Crippen molar-refractivity contribution in [3.05, 3.63) is 78.4 Å². The molecule has 2 aromatic carbocycles. The maximum absolute atomic E-state index is 5.67. The molecule has 148 valence electrons. The van der Waals surface area contributed by atoms with Crippen LogP contribution >= 0.6 is 24.0 Å². The smallest absolute Gasteiger partial charge is 0.191 e. The van der Waals surface area contributed by atoms with E-state index >= 15 is 0 Å². The fourth-order valence-corrected chi connectivity index (χ4v) is 2.60. The predicted octanol–water partition coefficient (Wildman–Crippen LogP) is 2.69. The van der Waals surface area contributed by atoms with Crippen LogP contribution in [0, 0.1) is 0 Å². The summed E-state index contributed by atoms with van der Waals surface area (Å²) >= 11 is 0. The van der Waals surface area contributed by atoms with E-state index in [9.17, 15) is 0 Å². The first-order valence-electron chi connectivity index (χ1n) is 8.86. The van der Waals surface area contributed by atoms with E-state index in [1.165, 1.54) is 11.1 Å². The van der Waals surface area contributed by atoms with E-state index in [1.54, 1.807) is 24.4 Å². The van der Waals surface area contributed by atoms with Crippen LogP contribution in [0.15, 0.2) is 72.2 Å². The topological polar surface area (TPSA) is 76.4 Å². The fourth-order valence-electron chi connectivity index (χ4n) is 2.60. The number of ether oxygens (including phenoxy) is 1. The van der Waals surface area contributed by atoms with Gasteiger partial charge < -0.3 is 15.4 Å². The largest absolute Gasteiger partial charge is 0.492 e. The molecule has 7 nitrogen and oxygen atoms in total. The van der Waals surface area contributed by atoms with Gasteiger partial charge >= 0.3 is 0 Å². The molecule has 0 aliphatic carbocycles. The standard InChI is InChI=1S/C20H24N6O.HI/c1-21-20(23-10-11-27-19-8-3-2-4-9-19)24-13-17-6-5-7-18(12-17)14-26-16-22-15-25-26;/h2-9,12,15-16H,10-11,13-14H2,1H3,(H2,21,23,24);1H. The van der Waals surface area contributed by atoms with E-state index in [0.29, 0.717) is 26.2 Å². The lowest BCUT2D eigenvalue weighted by Crippen LogP contribution is -2.38. The van der Waals surface area contributed by atoms with Gasteiger partial charge in [0.05, 0.1) is 13.1 Å². The minimum atomic E-state index is 0. The Labute approximate surface area is 182 Å². The second-order valence-corrected chi connectivity index (χ2v) is 5.93. The molecule has 0 saturated heterocycles. The second kappa shape index (κ2) is 12.0. The molecule has 0 unspecified atom stereocenters. The monoisotopic (exact) mass is 492 g/mol. The third-order valence-electron chi connectivity index (χ3n) is 3.89. The van der Waals surface area contributed by atoms with Gasteiger partial charge in [0, 0.05) is 13.6 Å². The first-order chi connectivity index (χ1) is 13.3. The minimum Gasteiger partial charge on any atom is -0.492 e. The highest BCUT2D eigenvalue weighted by Gasteiger charge is 2.01. The summed E-state index contributed by atoms with van der Waals surface area (Å²) in [6.07, 6.45) is 3.26. The number of halogens is 1. The first kappa shape index (κ1) is 21.7. The number of nitrogens with zero attached hydrogens (tertiary/aromatic N) is 4. The number of aliphatic imine (C=N–C) groups is 1. The second-order valence-electron chi connectivity index (χ2n) is 5.93. The van der Waals surface area contributed by atoms with Crippen molar-refractivity contribution in [2.45, 2.75) is 13.1 Å². The highest BCUT2D eigenvalue weighted by molar-refractivity contribution is 14.0. The normalized spacial score (nSPS) is 10.8. The Balaban J connectivity index is 0.00000280. The van der Waals surface area contributed by atoms with Crippen LogP contribution in [0.1, 0.15) is 11.1 Å². The van der Waals surface area contributed by atoms with Crippen LogP contribution in [-0.2, 0) is 13.1 Å². The summed E-state index contributed by atoms with van der Waals surface area (Å²) in [5.74, 6) is 1.61. The summed E-state index contributed by atoms with van der Waals surface area (Å²) in [5, 5.41) is 10.7. The Kier molecular flexibility index (Phi) is 9.26. The fraction of sp³-hybridized carbons (Fsp3) is 0.250. The van der Waals surface area contributed by atoms with Crippen molar-refractivity contribution >= 4 is 29.9 Å². The van der Waals surface area contributed by atoms with Crippen molar-refractivity contribution in [3.8, 4) is 5.75 Å². The maximum Gasteiger partial charge on any atom is 0.191 e. The number of aromatic nitrogens is 3. The van der Waals surface area contributed by atoms with E-state index < -0.39 is 0 Å². The third-order valence-corrected chi connectivity index (χ3v) is 3.89. The van der Waals surface area contributed by atoms with Crippen LogP contribution in [0.5, 0.6) is 5.75 Å². The lowest BCUT2D eigenvalue weighted by Gasteiger charge is -2.13. The van der Waals surface area contributed by atoms with E-state index in [-0.39, 0.29) is 24.0 Å². The molecule has 8 heteroatoms. The van der Waals surface area contributed by atoms with Crippen LogP contribution in [0.2, 0.25) is 0 Å². The molecule has 0 fully saturated rings. The van der Waals surface area contributed by atoms with E-state index in [4.69, 9.17) is 4.74 Å². The lowest BCUT2D eigenvalue weighted by molar-refractivity contribution is 0.322. The van der Waals surface area contributed by atoms with Gasteiger partial charge in [0.25, 0.3) is 0 Å². The molecule has 1 aromatic heterocycles. The Morgan fingerprint density at radius 1 is 1.07 bits per heavy atom. The summed E-state index contributed by atoms with van der Waals surface area (Å²) < 4.78 is 7.48. The van der Waals surface area contributed by atoms with Gasteiger partial charge in [-0.05, 0) is 23.3 Å². The van der Waals surface area contributed by atoms with Gasteiger partial charge in [0.1, 0.15) is 25.0 Å². The number of benzene rings is 2. The number of hydrogen-bond acceptors (Lipinski definition) is 4. The van der Waals surface area contributed by atoms with Gasteiger partial charge in [0.15, 0.2) is 5.96 Å². The molecule has 3 rings (SSSR count). The Hall–Kier alpha value is -2.62. The number of nitrogens with one attached hydrogen (secondary N) is 2. The van der Waals surface area contributed by atoms with Crippen molar-refractivity contribution in [2.75, 3.05) is 20.2 Å². The highest BCUT2D eigenvalue weighted by atomic mass is 127. The molecule has 0 saturated carbocycles. The zero-order valence-corrected chi connectivity index (χ0v) is 18.1. The summed E-state index contributed by atoms with van der Waals surface area (Å²) in [7, 11) is 1.76. The molecule has 0 amide bonds. The molecule has 28 heavy (non-hydrogen) atoms. The van der Waals surface area contributed by atoms with Crippen molar-refractivity contribution in [2.24, 2.45) is 4.99 Å². The first-order valence-corrected chi connectivity index (χ1v) is 8.86. The molecule has 0 bridgehead atoms. The molecule has 0 spiro atoms. The Bertz CT molecular complexity index is 839. The Morgan fingerprint density at radius 3 is 2.64 bits per heavy atom. The number of rotatable bonds is 8. The van der Waals surface area contributed by atoms with Crippen molar-refractivity contribution in [1.82, 2.24) is 25.4 Å². The predicted molar refractivity (Wildman–Crippen MR) is 121 cm³/mol. The summed E-state index contributed by atoms with van der Waals surface area (Å²) in [4.78, 5) is 8.22. The van der Waals surface area contributed by atoms with Crippen molar-refractivity contribution in [1.29, 1.82) is 0 Å². The number of guanidine groups is 1. The van der Waals surface area contributed by atoms with Gasteiger partial charge in [-0.2, -0.15) is 5.10 Å². The van der Waals surface area contributed by atoms with E-state index in [1.807, 2.05) is 36.4 Å². The molecule has 0 atom stereocenters. The molecule has 0 aliphatic heterocycles. The van der Waals surface area contributed by atoms with Crippen molar-refractivity contribution < 1.29 is 4.74 Å². The minimum absolute atomic E-state index is 0. The number of para-hydroxylation sites is 1. The summed E-state index contributed by atoms with van der Waals surface area (Å²) in [6, 6.07) is 18.1. The maximum atomic E-state index is 5.67. The van der Waals surface area contributed by atoms with Crippen LogP contribution in [-0.4, -0.2) is 40.9 Å². The van der Waals surface area contributed by atoms with Crippen LogP contribution in [0.3, 0.4) is 0 Å². The highest BCUT2D eigenvalue weighted by Crippen LogP contribution is 2.08. The SMILES string of the molecule is CN=C(NCCOc1ccccc1)NCc1cccc(Cn2cncn2)c1.I. The van der Waals surface area contributed by atoms with E-state index in [2.05, 4.69) is 43.9 Å². The molecule has 1 heterocycles. The summed E-state index contributed by atoms with van der Waals surface area (Å²) in [6.45, 7) is 2.63. The molecular formula is C20H25IN6O. The third kappa shape index (κ3) is 7.18. The van der Waals surface area contributed by atoms with Crippen LogP contribution in [0.4, 0.5) is 0 Å². The van der Waals surface area contributed by atoms with Gasteiger partial charge in [-0.1, -0.05) is 42.5 Å². The van der Waals surface area contributed by atoms with Crippen LogP contribution in [0.25, 0.3) is 0 Å². The zero-order chi connectivity index (χ0) is 18.7.